The second-order valence-electron chi connectivity index (χ2n) is 7.85. The lowest BCUT2D eigenvalue weighted by atomic mass is 10.1. The first kappa shape index (κ1) is 22.0. The summed E-state index contributed by atoms with van der Waals surface area (Å²) in [4.78, 5) is 30.1. The average Bonchev–Trinajstić information content (AvgIpc) is 2.89. The number of aromatic nitrogens is 3. The zero-order chi connectivity index (χ0) is 23.3. The zero-order valence-electron chi connectivity index (χ0n) is 18.3. The highest BCUT2D eigenvalue weighted by atomic mass is 79.9. The summed E-state index contributed by atoms with van der Waals surface area (Å²) in [5.41, 5.74) is 2.41. The fourth-order valence-corrected chi connectivity index (χ4v) is 4.17. The summed E-state index contributed by atoms with van der Waals surface area (Å²) >= 11 is 3.37. The second kappa shape index (κ2) is 10.0. The number of ether oxygens (including phenoxy) is 1. The largest absolute Gasteiger partial charge is 0.457 e. The Morgan fingerprint density at radius 1 is 0.882 bits per heavy atom. The summed E-state index contributed by atoms with van der Waals surface area (Å²) in [6.07, 6.45) is 5.04. The summed E-state index contributed by atoms with van der Waals surface area (Å²) in [5.74, 6) is 2.22. The van der Waals surface area contributed by atoms with Gasteiger partial charge in [-0.1, -0.05) is 18.2 Å². The monoisotopic (exact) mass is 515 g/mol. The van der Waals surface area contributed by atoms with Crippen LogP contribution < -0.4 is 9.64 Å². The van der Waals surface area contributed by atoms with Crippen molar-refractivity contribution in [2.75, 3.05) is 31.1 Å². The summed E-state index contributed by atoms with van der Waals surface area (Å²) in [5, 5.41) is 0. The zero-order valence-corrected chi connectivity index (χ0v) is 19.9. The molecule has 170 valence electrons. The molecule has 1 fully saturated rings. The van der Waals surface area contributed by atoms with Crippen molar-refractivity contribution in [1.82, 2.24) is 19.9 Å². The standard InChI is InChI=1S/C26H22BrN5O2/c27-21-16-20(17-28-18-21)25(33)31-12-14-32(15-13-31)26-29-11-10-24(30-26)19-6-8-23(9-7-19)34-22-4-2-1-3-5-22/h1-11,16-18H,12-15H2. The van der Waals surface area contributed by atoms with Crippen LogP contribution in [0, 0.1) is 0 Å². The minimum Gasteiger partial charge on any atom is -0.457 e. The molecule has 3 heterocycles. The van der Waals surface area contributed by atoms with Gasteiger partial charge in [0.25, 0.3) is 5.91 Å². The number of nitrogens with zero attached hydrogens (tertiary/aromatic N) is 5. The second-order valence-corrected chi connectivity index (χ2v) is 8.77. The van der Waals surface area contributed by atoms with Crippen LogP contribution in [-0.2, 0) is 0 Å². The maximum atomic E-state index is 12.8. The number of para-hydroxylation sites is 1. The molecular weight excluding hydrogens is 494 g/mol. The van der Waals surface area contributed by atoms with Crippen molar-refractivity contribution >= 4 is 27.8 Å². The van der Waals surface area contributed by atoms with Gasteiger partial charge in [0.15, 0.2) is 0 Å². The molecular formula is C26H22BrN5O2. The Morgan fingerprint density at radius 2 is 1.62 bits per heavy atom. The molecule has 0 spiro atoms. The highest BCUT2D eigenvalue weighted by molar-refractivity contribution is 9.10. The van der Waals surface area contributed by atoms with Crippen molar-refractivity contribution in [3.63, 3.8) is 0 Å². The van der Waals surface area contributed by atoms with Crippen LogP contribution in [0.5, 0.6) is 11.5 Å². The Morgan fingerprint density at radius 3 is 2.35 bits per heavy atom. The molecule has 1 aliphatic rings. The van der Waals surface area contributed by atoms with E-state index in [1.807, 2.05) is 65.6 Å². The Kier molecular flexibility index (Phi) is 6.49. The minimum atomic E-state index is -0.0130. The summed E-state index contributed by atoms with van der Waals surface area (Å²) in [6.45, 7) is 2.54. The molecule has 0 unspecified atom stereocenters. The third-order valence-electron chi connectivity index (χ3n) is 5.57. The molecule has 0 atom stereocenters. The third-order valence-corrected chi connectivity index (χ3v) is 6.01. The molecule has 1 aliphatic heterocycles. The number of amides is 1. The molecule has 0 aliphatic carbocycles. The smallest absolute Gasteiger partial charge is 0.255 e. The number of carbonyl (C=O) groups excluding carboxylic acids is 1. The number of pyridine rings is 1. The van der Waals surface area contributed by atoms with Gasteiger partial charge in [-0.2, -0.15) is 0 Å². The number of halogens is 1. The van der Waals surface area contributed by atoms with E-state index in [0.29, 0.717) is 37.7 Å². The van der Waals surface area contributed by atoms with E-state index in [1.54, 1.807) is 24.7 Å². The van der Waals surface area contributed by atoms with Gasteiger partial charge < -0.3 is 14.5 Å². The van der Waals surface area contributed by atoms with Crippen LogP contribution in [0.3, 0.4) is 0 Å². The van der Waals surface area contributed by atoms with Crippen molar-refractivity contribution in [1.29, 1.82) is 0 Å². The first-order valence-corrected chi connectivity index (χ1v) is 11.8. The highest BCUT2D eigenvalue weighted by Crippen LogP contribution is 2.26. The number of rotatable bonds is 5. The normalized spacial score (nSPS) is 13.6. The third kappa shape index (κ3) is 5.07. The van der Waals surface area contributed by atoms with E-state index in [0.717, 1.165) is 27.2 Å². The molecule has 4 aromatic rings. The fourth-order valence-electron chi connectivity index (χ4n) is 3.80. The molecule has 0 saturated carbocycles. The topological polar surface area (TPSA) is 71.5 Å². The first-order chi connectivity index (χ1) is 16.7. The molecule has 7 nitrogen and oxygen atoms in total. The van der Waals surface area contributed by atoms with Gasteiger partial charge in [-0.3, -0.25) is 9.78 Å². The van der Waals surface area contributed by atoms with Gasteiger partial charge in [0.1, 0.15) is 11.5 Å². The summed E-state index contributed by atoms with van der Waals surface area (Å²) in [6, 6.07) is 21.2. The Hall–Kier alpha value is -3.78. The fraction of sp³-hybridized carbons (Fsp3) is 0.154. The number of carbonyl (C=O) groups is 1. The molecule has 1 amide bonds. The van der Waals surface area contributed by atoms with Crippen molar-refractivity contribution in [3.8, 4) is 22.8 Å². The van der Waals surface area contributed by atoms with Crippen molar-refractivity contribution in [2.45, 2.75) is 0 Å². The van der Waals surface area contributed by atoms with Crippen LogP contribution in [-0.4, -0.2) is 51.9 Å². The molecule has 0 bridgehead atoms. The van der Waals surface area contributed by atoms with Crippen LogP contribution >= 0.6 is 15.9 Å². The van der Waals surface area contributed by atoms with Gasteiger partial charge in [0, 0.05) is 54.8 Å². The molecule has 5 rings (SSSR count). The van der Waals surface area contributed by atoms with Gasteiger partial charge in [0.2, 0.25) is 5.95 Å². The van der Waals surface area contributed by atoms with Crippen molar-refractivity contribution in [2.24, 2.45) is 0 Å². The molecule has 34 heavy (non-hydrogen) atoms. The maximum absolute atomic E-state index is 12.8. The Balaban J connectivity index is 1.24. The lowest BCUT2D eigenvalue weighted by Crippen LogP contribution is -2.49. The lowest BCUT2D eigenvalue weighted by Gasteiger charge is -2.34. The maximum Gasteiger partial charge on any atom is 0.255 e. The van der Waals surface area contributed by atoms with E-state index in [1.165, 1.54) is 0 Å². The molecule has 1 saturated heterocycles. The van der Waals surface area contributed by atoms with E-state index < -0.39 is 0 Å². The SMILES string of the molecule is O=C(c1cncc(Br)c1)N1CCN(c2nccc(-c3ccc(Oc4ccccc4)cc3)n2)CC1. The lowest BCUT2D eigenvalue weighted by molar-refractivity contribution is 0.0745. The van der Waals surface area contributed by atoms with Crippen LogP contribution in [0.4, 0.5) is 5.95 Å². The van der Waals surface area contributed by atoms with Gasteiger partial charge >= 0.3 is 0 Å². The summed E-state index contributed by atoms with van der Waals surface area (Å²) in [7, 11) is 0. The average molecular weight is 516 g/mol. The predicted molar refractivity (Wildman–Crippen MR) is 134 cm³/mol. The Bertz CT molecular complexity index is 1280. The van der Waals surface area contributed by atoms with Gasteiger partial charge in [-0.15, -0.1) is 0 Å². The number of hydrogen-bond donors (Lipinski definition) is 0. The van der Waals surface area contributed by atoms with Gasteiger partial charge in [-0.05, 0) is 64.5 Å². The van der Waals surface area contributed by atoms with Crippen LogP contribution in [0.15, 0.2) is 89.8 Å². The van der Waals surface area contributed by atoms with Crippen LogP contribution in [0.25, 0.3) is 11.3 Å². The van der Waals surface area contributed by atoms with Crippen molar-refractivity contribution < 1.29 is 9.53 Å². The van der Waals surface area contributed by atoms with E-state index in [-0.39, 0.29) is 5.91 Å². The highest BCUT2D eigenvalue weighted by Gasteiger charge is 2.24. The quantitative estimate of drug-likeness (QED) is 0.370. The molecule has 2 aromatic carbocycles. The van der Waals surface area contributed by atoms with E-state index in [9.17, 15) is 4.79 Å². The van der Waals surface area contributed by atoms with Crippen LogP contribution in [0.1, 0.15) is 10.4 Å². The van der Waals surface area contributed by atoms with E-state index >= 15 is 0 Å². The minimum absolute atomic E-state index is 0.0130. The molecule has 2 aromatic heterocycles. The molecule has 0 N–H and O–H groups in total. The van der Waals surface area contributed by atoms with Gasteiger partial charge in [0.05, 0.1) is 11.3 Å². The number of hydrogen-bond acceptors (Lipinski definition) is 6. The van der Waals surface area contributed by atoms with Gasteiger partial charge in [-0.25, -0.2) is 9.97 Å². The Labute approximate surface area is 206 Å². The van der Waals surface area contributed by atoms with E-state index in [4.69, 9.17) is 9.72 Å². The molecule has 0 radical (unpaired) electrons. The van der Waals surface area contributed by atoms with E-state index in [2.05, 4.69) is 30.8 Å². The summed E-state index contributed by atoms with van der Waals surface area (Å²) < 4.78 is 6.67. The molecule has 8 heteroatoms. The first-order valence-electron chi connectivity index (χ1n) is 11.0. The number of anilines is 1. The number of benzene rings is 2. The predicted octanol–water partition coefficient (Wildman–Crippen LogP) is 5.06. The van der Waals surface area contributed by atoms with Crippen LogP contribution in [0.2, 0.25) is 0 Å². The number of piperazine rings is 1. The van der Waals surface area contributed by atoms with Crippen molar-refractivity contribution in [3.05, 3.63) is 95.4 Å².